The average molecular weight is 600 g/mol. The number of carbonyl (C=O) groups is 4. The van der Waals surface area contributed by atoms with E-state index in [9.17, 15) is 24.3 Å². The Morgan fingerprint density at radius 1 is 0.977 bits per heavy atom. The summed E-state index contributed by atoms with van der Waals surface area (Å²) in [6.07, 6.45) is 3.12. The predicted molar refractivity (Wildman–Crippen MR) is 163 cm³/mol. The molecule has 1 saturated carbocycles. The van der Waals surface area contributed by atoms with Gasteiger partial charge in [0, 0.05) is 48.1 Å². The summed E-state index contributed by atoms with van der Waals surface area (Å²) in [4.78, 5) is 55.6. The van der Waals surface area contributed by atoms with Crippen LogP contribution < -0.4 is 15.5 Å². The molecule has 3 amide bonds. The van der Waals surface area contributed by atoms with Crippen LogP contribution in [-0.2, 0) is 9.59 Å². The van der Waals surface area contributed by atoms with Gasteiger partial charge in [-0.1, -0.05) is 12.5 Å². The molecule has 1 aliphatic heterocycles. The molecule has 0 spiro atoms. The zero-order valence-electron chi connectivity index (χ0n) is 23.6. The first-order valence-corrected chi connectivity index (χ1v) is 15.3. The lowest BCUT2D eigenvalue weighted by atomic mass is 9.85. The first kappa shape index (κ1) is 29.8. The Bertz CT molecular complexity index is 1530. The molecular formula is C32H33N5O5S. The third kappa shape index (κ3) is 7.21. The highest BCUT2D eigenvalue weighted by Crippen LogP contribution is 2.33. The number of nitrogens with one attached hydrogen (secondary N) is 2. The number of nitrogens with zero attached hydrogens (tertiary/aromatic N) is 3. The number of thiophene rings is 1. The molecule has 11 heteroatoms. The summed E-state index contributed by atoms with van der Waals surface area (Å²) in [5, 5.41) is 26.2. The van der Waals surface area contributed by atoms with Crippen molar-refractivity contribution in [1.82, 2.24) is 10.2 Å². The largest absolute Gasteiger partial charge is 0.481 e. The van der Waals surface area contributed by atoms with Crippen LogP contribution in [0.2, 0.25) is 0 Å². The molecule has 1 saturated heterocycles. The predicted octanol–water partition coefficient (Wildman–Crippen LogP) is 4.66. The number of aliphatic carboxylic acids is 1. The number of carboxylic acids is 1. The molecule has 3 N–H and O–H groups in total. The van der Waals surface area contributed by atoms with Gasteiger partial charge in [-0.15, -0.1) is 11.3 Å². The molecule has 10 nitrogen and oxygen atoms in total. The molecular weight excluding hydrogens is 566 g/mol. The molecule has 2 fully saturated rings. The quantitative estimate of drug-likeness (QED) is 0.325. The van der Waals surface area contributed by atoms with Gasteiger partial charge in [0.25, 0.3) is 11.8 Å². The van der Waals surface area contributed by atoms with Gasteiger partial charge in [-0.2, -0.15) is 5.26 Å². The fraction of sp³-hybridized carbons (Fsp3) is 0.344. The van der Waals surface area contributed by atoms with Crippen molar-refractivity contribution in [3.63, 3.8) is 0 Å². The smallest absolute Gasteiger partial charge is 0.305 e. The number of carbonyl (C=O) groups excluding carboxylic acids is 3. The maximum absolute atomic E-state index is 13.3. The molecule has 1 aromatic heterocycles. The minimum absolute atomic E-state index is 0.0613. The van der Waals surface area contributed by atoms with Gasteiger partial charge in [-0.3, -0.25) is 19.2 Å². The number of anilines is 2. The molecule has 1 unspecified atom stereocenters. The fourth-order valence-corrected chi connectivity index (χ4v) is 6.10. The molecule has 0 bridgehead atoms. The van der Waals surface area contributed by atoms with Crippen molar-refractivity contribution in [3.05, 3.63) is 81.5 Å². The number of hydrogen-bond donors (Lipinski definition) is 3. The Morgan fingerprint density at radius 2 is 1.74 bits per heavy atom. The monoisotopic (exact) mass is 599 g/mol. The van der Waals surface area contributed by atoms with Crippen LogP contribution in [0.25, 0.3) is 0 Å². The number of hydrogen-bond acceptors (Lipinski definition) is 7. The van der Waals surface area contributed by atoms with Crippen LogP contribution in [0.4, 0.5) is 11.4 Å². The summed E-state index contributed by atoms with van der Waals surface area (Å²) in [6, 6.07) is 16.7. The van der Waals surface area contributed by atoms with Crippen molar-refractivity contribution in [2.24, 2.45) is 5.92 Å². The van der Waals surface area contributed by atoms with Gasteiger partial charge in [0.05, 0.1) is 35.5 Å². The van der Waals surface area contributed by atoms with Crippen LogP contribution in [0.1, 0.15) is 69.3 Å². The molecule has 5 rings (SSSR count). The number of amides is 3. The summed E-state index contributed by atoms with van der Waals surface area (Å²) in [7, 11) is 0. The molecule has 43 heavy (non-hydrogen) atoms. The van der Waals surface area contributed by atoms with Gasteiger partial charge in [-0.25, -0.2) is 0 Å². The minimum Gasteiger partial charge on any atom is -0.481 e. The first-order valence-electron chi connectivity index (χ1n) is 14.4. The van der Waals surface area contributed by atoms with Crippen molar-refractivity contribution in [2.45, 2.75) is 38.1 Å². The van der Waals surface area contributed by atoms with Crippen molar-refractivity contribution in [2.75, 3.05) is 36.4 Å². The maximum atomic E-state index is 13.3. The Kier molecular flexibility index (Phi) is 9.37. The Balaban J connectivity index is 1.35. The van der Waals surface area contributed by atoms with E-state index in [0.717, 1.165) is 29.8 Å². The van der Waals surface area contributed by atoms with E-state index in [4.69, 9.17) is 5.26 Å². The van der Waals surface area contributed by atoms with E-state index in [1.54, 1.807) is 53.4 Å². The second kappa shape index (κ2) is 13.5. The van der Waals surface area contributed by atoms with Crippen LogP contribution in [0.5, 0.6) is 0 Å². The molecule has 1 atom stereocenters. The van der Waals surface area contributed by atoms with Gasteiger partial charge in [0.2, 0.25) is 5.91 Å². The topological polar surface area (TPSA) is 143 Å². The summed E-state index contributed by atoms with van der Waals surface area (Å²) in [6.45, 7) is 2.20. The van der Waals surface area contributed by atoms with E-state index >= 15 is 0 Å². The van der Waals surface area contributed by atoms with Gasteiger partial charge in [-0.05, 0) is 73.2 Å². The van der Waals surface area contributed by atoms with E-state index in [1.807, 2.05) is 11.4 Å². The zero-order valence-corrected chi connectivity index (χ0v) is 24.4. The average Bonchev–Trinajstić information content (AvgIpc) is 3.40. The van der Waals surface area contributed by atoms with Gasteiger partial charge in [0.1, 0.15) is 0 Å². The molecule has 2 heterocycles. The SMILES string of the molecule is N#Cc1ccc(C(=O)N2CCCN(c3ccc(C(=O)NC(CC(=O)O)c4cccs4)cc3NC(=O)C3CCC3)CC2)cc1. The molecule has 2 aromatic carbocycles. The lowest BCUT2D eigenvalue weighted by Gasteiger charge is -2.29. The van der Waals surface area contributed by atoms with Crippen LogP contribution >= 0.6 is 11.3 Å². The second-order valence-electron chi connectivity index (χ2n) is 10.8. The highest BCUT2D eigenvalue weighted by Gasteiger charge is 2.28. The molecule has 1 aliphatic carbocycles. The van der Waals surface area contributed by atoms with E-state index in [-0.39, 0.29) is 24.2 Å². The Hall–Kier alpha value is -4.69. The maximum Gasteiger partial charge on any atom is 0.305 e. The van der Waals surface area contributed by atoms with E-state index in [2.05, 4.69) is 21.6 Å². The van der Waals surface area contributed by atoms with E-state index in [1.165, 1.54) is 11.3 Å². The van der Waals surface area contributed by atoms with Crippen LogP contribution in [0.3, 0.4) is 0 Å². The summed E-state index contributed by atoms with van der Waals surface area (Å²) in [5.74, 6) is -1.69. The van der Waals surface area contributed by atoms with Crippen LogP contribution in [-0.4, -0.2) is 59.9 Å². The molecule has 2 aliphatic rings. The van der Waals surface area contributed by atoms with E-state index in [0.29, 0.717) is 55.0 Å². The first-order chi connectivity index (χ1) is 20.8. The standard InChI is InChI=1S/C32H33N5O5S/c33-20-21-7-9-23(10-8-21)32(42)37-14-3-13-36(15-16-37)27-12-11-24(18-25(27)34-30(40)22-4-1-5-22)31(41)35-26(19-29(38)39)28-6-2-17-43-28/h2,6-12,17-18,22,26H,1,3-5,13-16,19H2,(H,34,40)(H,35,41)(H,38,39). The number of carboxylic acid groups (broad SMARTS) is 1. The van der Waals surface area contributed by atoms with Crippen molar-refractivity contribution >= 4 is 46.4 Å². The van der Waals surface area contributed by atoms with Crippen molar-refractivity contribution in [3.8, 4) is 6.07 Å². The lowest BCUT2D eigenvalue weighted by Crippen LogP contribution is -2.35. The van der Waals surface area contributed by atoms with Crippen molar-refractivity contribution < 1.29 is 24.3 Å². The van der Waals surface area contributed by atoms with Crippen LogP contribution in [0, 0.1) is 17.2 Å². The summed E-state index contributed by atoms with van der Waals surface area (Å²) < 4.78 is 0. The van der Waals surface area contributed by atoms with Gasteiger partial charge >= 0.3 is 5.97 Å². The third-order valence-electron chi connectivity index (χ3n) is 7.95. The van der Waals surface area contributed by atoms with Gasteiger partial charge < -0.3 is 25.5 Å². The number of benzene rings is 2. The van der Waals surface area contributed by atoms with Gasteiger partial charge in [0.15, 0.2) is 0 Å². The number of nitriles is 1. The molecule has 222 valence electrons. The molecule has 0 radical (unpaired) electrons. The second-order valence-corrected chi connectivity index (χ2v) is 11.8. The summed E-state index contributed by atoms with van der Waals surface area (Å²) >= 11 is 1.38. The number of rotatable bonds is 9. The third-order valence-corrected chi connectivity index (χ3v) is 8.93. The lowest BCUT2D eigenvalue weighted by molar-refractivity contribution is -0.137. The Labute approximate surface area is 253 Å². The van der Waals surface area contributed by atoms with E-state index < -0.39 is 17.9 Å². The summed E-state index contributed by atoms with van der Waals surface area (Å²) in [5.41, 5.74) is 2.61. The fourth-order valence-electron chi connectivity index (χ4n) is 5.32. The minimum atomic E-state index is -1.02. The zero-order chi connectivity index (χ0) is 30.3. The highest BCUT2D eigenvalue weighted by molar-refractivity contribution is 7.10. The van der Waals surface area contributed by atoms with Crippen molar-refractivity contribution in [1.29, 1.82) is 5.26 Å². The van der Waals surface area contributed by atoms with Crippen LogP contribution in [0.15, 0.2) is 60.0 Å². The molecule has 3 aromatic rings. The Morgan fingerprint density at radius 3 is 2.40 bits per heavy atom. The highest BCUT2D eigenvalue weighted by atomic mass is 32.1. The normalized spacial score (nSPS) is 15.9.